The van der Waals surface area contributed by atoms with Crippen molar-refractivity contribution in [2.45, 2.75) is 77.8 Å². The largest absolute Gasteiger partial charge is 0.491 e. The fraction of sp³-hybridized carbons (Fsp3) is 0.696. The van der Waals surface area contributed by atoms with Gasteiger partial charge in [-0.1, -0.05) is 34.1 Å². The second kappa shape index (κ2) is 11.8. The molecule has 6 heteroatoms. The van der Waals surface area contributed by atoms with E-state index in [2.05, 4.69) is 40.8 Å². The summed E-state index contributed by atoms with van der Waals surface area (Å²) in [6.45, 7) is 16.4. The molecule has 0 fully saturated rings. The summed E-state index contributed by atoms with van der Waals surface area (Å²) in [7, 11) is -0.210. The molecule has 0 N–H and O–H groups in total. The molecule has 29 heavy (non-hydrogen) atoms. The van der Waals surface area contributed by atoms with Gasteiger partial charge in [0.15, 0.2) is 14.1 Å². The van der Waals surface area contributed by atoms with Crippen molar-refractivity contribution < 1.29 is 23.4 Å². The van der Waals surface area contributed by atoms with Crippen LogP contribution in [-0.2, 0) is 13.9 Å². The van der Waals surface area contributed by atoms with Crippen molar-refractivity contribution in [2.24, 2.45) is 0 Å². The minimum absolute atomic E-state index is 0.0403. The first-order valence-electron chi connectivity index (χ1n) is 10.5. The first-order valence-corrected chi connectivity index (χ1v) is 13.4. The Balaban J connectivity index is 2.77. The summed E-state index contributed by atoms with van der Waals surface area (Å²) >= 11 is 0. The lowest BCUT2D eigenvalue weighted by Crippen LogP contribution is -2.46. The molecular weight excluding hydrogens is 384 g/mol. The van der Waals surface area contributed by atoms with Crippen LogP contribution in [0.2, 0.25) is 18.1 Å². The van der Waals surface area contributed by atoms with Crippen molar-refractivity contribution in [1.29, 1.82) is 0 Å². The molecule has 0 spiro atoms. The van der Waals surface area contributed by atoms with Crippen molar-refractivity contribution in [1.82, 2.24) is 0 Å². The van der Waals surface area contributed by atoms with E-state index in [-0.39, 0.29) is 23.0 Å². The molecule has 0 aliphatic rings. The standard InChI is InChI=1S/C23H40O5Si/c1-9-10-15-26-22(17-28-29(7,8)23(3,4)5)21(25-6)16-27-20-13-11-19(12-14-20)18(2)24/h11-14,21-22H,9-10,15-17H2,1-8H3/t21-,22+/m1/s1. The number of hydrogen-bond acceptors (Lipinski definition) is 5. The Morgan fingerprint density at radius 1 is 1.07 bits per heavy atom. The Morgan fingerprint density at radius 3 is 2.17 bits per heavy atom. The Labute approximate surface area is 178 Å². The molecule has 1 aromatic rings. The predicted molar refractivity (Wildman–Crippen MR) is 121 cm³/mol. The maximum Gasteiger partial charge on any atom is 0.192 e. The van der Waals surface area contributed by atoms with E-state index in [4.69, 9.17) is 18.6 Å². The van der Waals surface area contributed by atoms with Crippen LogP contribution in [0.1, 0.15) is 57.8 Å². The summed E-state index contributed by atoms with van der Waals surface area (Å²) in [4.78, 5) is 11.4. The van der Waals surface area contributed by atoms with Gasteiger partial charge < -0.3 is 18.6 Å². The lowest BCUT2D eigenvalue weighted by atomic mass is 10.1. The Bertz CT molecular complexity index is 607. The summed E-state index contributed by atoms with van der Waals surface area (Å²) in [5.41, 5.74) is 0.671. The number of carbonyl (C=O) groups is 1. The van der Waals surface area contributed by atoms with Gasteiger partial charge in [0.25, 0.3) is 0 Å². The summed E-state index contributed by atoms with van der Waals surface area (Å²) in [6.07, 6.45) is 1.63. The quantitative estimate of drug-likeness (QED) is 0.238. The fourth-order valence-electron chi connectivity index (χ4n) is 2.44. The number of carbonyl (C=O) groups excluding carboxylic acids is 1. The third kappa shape index (κ3) is 8.58. The molecule has 2 atom stereocenters. The third-order valence-corrected chi connectivity index (χ3v) is 10.1. The summed E-state index contributed by atoms with van der Waals surface area (Å²) in [5.74, 6) is 0.744. The molecule has 0 saturated carbocycles. The molecule has 0 bridgehead atoms. The van der Waals surface area contributed by atoms with Crippen LogP contribution in [0.3, 0.4) is 0 Å². The number of rotatable bonds is 13. The van der Waals surface area contributed by atoms with Gasteiger partial charge in [-0.05, 0) is 55.7 Å². The molecule has 1 rings (SSSR count). The lowest BCUT2D eigenvalue weighted by Gasteiger charge is -2.38. The zero-order valence-corrected chi connectivity index (χ0v) is 20.5. The highest BCUT2D eigenvalue weighted by Gasteiger charge is 2.38. The minimum atomic E-state index is -1.89. The van der Waals surface area contributed by atoms with Gasteiger partial charge in [0, 0.05) is 19.3 Å². The number of ether oxygens (including phenoxy) is 3. The van der Waals surface area contributed by atoms with Gasteiger partial charge in [0.1, 0.15) is 24.6 Å². The first kappa shape index (κ1) is 25.8. The van der Waals surface area contributed by atoms with E-state index < -0.39 is 8.32 Å². The zero-order valence-electron chi connectivity index (χ0n) is 19.5. The van der Waals surface area contributed by atoms with E-state index in [0.29, 0.717) is 31.1 Å². The fourth-order valence-corrected chi connectivity index (χ4v) is 3.45. The molecule has 0 saturated heterocycles. The first-order chi connectivity index (χ1) is 13.5. The Hall–Kier alpha value is -1.21. The van der Waals surface area contributed by atoms with E-state index >= 15 is 0 Å². The Morgan fingerprint density at radius 2 is 1.69 bits per heavy atom. The number of unbranched alkanes of at least 4 members (excludes halogenated alkanes) is 1. The van der Waals surface area contributed by atoms with Crippen LogP contribution < -0.4 is 4.74 Å². The lowest BCUT2D eigenvalue weighted by molar-refractivity contribution is -0.0899. The van der Waals surface area contributed by atoms with Gasteiger partial charge in [-0.2, -0.15) is 0 Å². The Kier molecular flexibility index (Phi) is 10.5. The molecule has 0 unspecified atom stereocenters. The van der Waals surface area contributed by atoms with Gasteiger partial charge >= 0.3 is 0 Å². The van der Waals surface area contributed by atoms with Crippen molar-refractivity contribution in [3.63, 3.8) is 0 Å². The topological polar surface area (TPSA) is 54.0 Å². The highest BCUT2D eigenvalue weighted by atomic mass is 28.4. The molecule has 0 aliphatic carbocycles. The van der Waals surface area contributed by atoms with Crippen molar-refractivity contribution in [3.05, 3.63) is 29.8 Å². The third-order valence-electron chi connectivity index (χ3n) is 5.64. The van der Waals surface area contributed by atoms with Crippen LogP contribution in [0.25, 0.3) is 0 Å². The van der Waals surface area contributed by atoms with Crippen LogP contribution >= 0.6 is 0 Å². The summed E-state index contributed by atoms with van der Waals surface area (Å²) in [6, 6.07) is 7.16. The molecule has 5 nitrogen and oxygen atoms in total. The van der Waals surface area contributed by atoms with Crippen molar-refractivity contribution in [2.75, 3.05) is 26.9 Å². The average molecular weight is 425 g/mol. The monoisotopic (exact) mass is 424 g/mol. The van der Waals surface area contributed by atoms with Crippen LogP contribution in [0, 0.1) is 0 Å². The number of ketones is 1. The molecule has 0 radical (unpaired) electrons. The maximum absolute atomic E-state index is 11.4. The molecule has 0 aromatic heterocycles. The maximum atomic E-state index is 11.4. The highest BCUT2D eigenvalue weighted by Crippen LogP contribution is 2.36. The second-order valence-electron chi connectivity index (χ2n) is 9.00. The van der Waals surface area contributed by atoms with Crippen LogP contribution in [0.4, 0.5) is 0 Å². The predicted octanol–water partition coefficient (Wildman–Crippen LogP) is 5.49. The summed E-state index contributed by atoms with van der Waals surface area (Å²) in [5, 5.41) is 0.137. The van der Waals surface area contributed by atoms with Gasteiger partial charge in [0.2, 0.25) is 0 Å². The number of methoxy groups -OCH3 is 1. The molecule has 0 aliphatic heterocycles. The number of Topliss-reactive ketones (excluding diaryl/α,β-unsaturated/α-hetero) is 1. The highest BCUT2D eigenvalue weighted by molar-refractivity contribution is 6.74. The number of benzene rings is 1. The van der Waals surface area contributed by atoms with E-state index in [9.17, 15) is 4.79 Å². The molecule has 166 valence electrons. The van der Waals surface area contributed by atoms with E-state index in [0.717, 1.165) is 12.8 Å². The molecule has 0 heterocycles. The molecular formula is C23H40O5Si. The summed E-state index contributed by atoms with van der Waals surface area (Å²) < 4.78 is 24.2. The van der Waals surface area contributed by atoms with Crippen LogP contribution in [0.5, 0.6) is 5.75 Å². The van der Waals surface area contributed by atoms with Crippen molar-refractivity contribution >= 4 is 14.1 Å². The van der Waals surface area contributed by atoms with Crippen molar-refractivity contribution in [3.8, 4) is 5.75 Å². The SMILES string of the molecule is CCCCO[C@@H](CO[Si](C)(C)C(C)(C)C)[C@@H](COc1ccc(C(C)=O)cc1)OC. The average Bonchev–Trinajstić information content (AvgIpc) is 2.65. The van der Waals surface area contributed by atoms with Crippen LogP contribution in [-0.4, -0.2) is 53.2 Å². The van der Waals surface area contributed by atoms with E-state index in [1.165, 1.54) is 0 Å². The van der Waals surface area contributed by atoms with E-state index in [1.807, 2.05) is 12.1 Å². The van der Waals surface area contributed by atoms with Gasteiger partial charge in [-0.15, -0.1) is 0 Å². The van der Waals surface area contributed by atoms with Gasteiger partial charge in [-0.25, -0.2) is 0 Å². The van der Waals surface area contributed by atoms with Crippen LogP contribution in [0.15, 0.2) is 24.3 Å². The van der Waals surface area contributed by atoms with Gasteiger partial charge in [0.05, 0.1) is 6.61 Å². The number of hydrogen-bond donors (Lipinski definition) is 0. The van der Waals surface area contributed by atoms with Gasteiger partial charge in [-0.3, -0.25) is 4.79 Å². The normalized spacial score (nSPS) is 14.5. The minimum Gasteiger partial charge on any atom is -0.491 e. The second-order valence-corrected chi connectivity index (χ2v) is 13.8. The molecule has 0 amide bonds. The smallest absolute Gasteiger partial charge is 0.192 e. The van der Waals surface area contributed by atoms with E-state index in [1.54, 1.807) is 26.2 Å². The molecule has 1 aromatic carbocycles. The zero-order chi connectivity index (χ0) is 22.1.